The first kappa shape index (κ1) is 11.2. The third-order valence-corrected chi connectivity index (χ3v) is 3.57. The third-order valence-electron chi connectivity index (χ3n) is 3.57. The van der Waals surface area contributed by atoms with Gasteiger partial charge in [-0.2, -0.15) is 0 Å². The van der Waals surface area contributed by atoms with Crippen LogP contribution in [0.2, 0.25) is 0 Å². The van der Waals surface area contributed by atoms with Gasteiger partial charge in [0.2, 0.25) is 0 Å². The van der Waals surface area contributed by atoms with E-state index in [1.165, 1.54) is 22.2 Å². The van der Waals surface area contributed by atoms with Crippen molar-refractivity contribution in [3.05, 3.63) is 35.5 Å². The third kappa shape index (κ3) is 1.63. The Kier molecular flexibility index (Phi) is 2.55. The van der Waals surface area contributed by atoms with Crippen LogP contribution in [-0.2, 0) is 12.5 Å². The standard InChI is InChI=1S/C14H20N2/c1-10-7-11-8-12(14(2,3)9-15)5-6-13(11)16(10)4/h5-8H,9,15H2,1-4H3. The largest absolute Gasteiger partial charge is 0.348 e. The molecular formula is C14H20N2. The van der Waals surface area contributed by atoms with Crippen molar-refractivity contribution in [3.8, 4) is 0 Å². The number of nitrogens with zero attached hydrogens (tertiary/aromatic N) is 1. The van der Waals surface area contributed by atoms with Crippen LogP contribution >= 0.6 is 0 Å². The van der Waals surface area contributed by atoms with Gasteiger partial charge in [-0.05, 0) is 30.7 Å². The van der Waals surface area contributed by atoms with Crippen LogP contribution in [0.4, 0.5) is 0 Å². The molecule has 0 atom stereocenters. The second-order valence-electron chi connectivity index (χ2n) is 5.21. The first-order valence-electron chi connectivity index (χ1n) is 5.72. The fraction of sp³-hybridized carbons (Fsp3) is 0.429. The van der Waals surface area contributed by atoms with E-state index in [-0.39, 0.29) is 5.41 Å². The molecular weight excluding hydrogens is 196 g/mol. The van der Waals surface area contributed by atoms with Gasteiger partial charge < -0.3 is 10.3 Å². The highest BCUT2D eigenvalue weighted by molar-refractivity contribution is 5.82. The Bertz CT molecular complexity index is 521. The quantitative estimate of drug-likeness (QED) is 0.822. The van der Waals surface area contributed by atoms with Crippen molar-refractivity contribution >= 4 is 10.9 Å². The van der Waals surface area contributed by atoms with Crippen molar-refractivity contribution in [1.29, 1.82) is 0 Å². The number of benzene rings is 1. The Morgan fingerprint density at radius 3 is 2.56 bits per heavy atom. The zero-order valence-electron chi connectivity index (χ0n) is 10.5. The highest BCUT2D eigenvalue weighted by Gasteiger charge is 2.19. The minimum Gasteiger partial charge on any atom is -0.348 e. The van der Waals surface area contributed by atoms with Crippen LogP contribution in [0, 0.1) is 6.92 Å². The van der Waals surface area contributed by atoms with Gasteiger partial charge in [-0.1, -0.05) is 19.9 Å². The van der Waals surface area contributed by atoms with Crippen molar-refractivity contribution in [2.45, 2.75) is 26.2 Å². The van der Waals surface area contributed by atoms with Crippen LogP contribution in [0.5, 0.6) is 0 Å². The maximum atomic E-state index is 5.81. The molecule has 2 rings (SSSR count). The molecule has 16 heavy (non-hydrogen) atoms. The van der Waals surface area contributed by atoms with Gasteiger partial charge in [0.05, 0.1) is 0 Å². The predicted molar refractivity (Wildman–Crippen MR) is 69.7 cm³/mol. The lowest BCUT2D eigenvalue weighted by Crippen LogP contribution is -2.27. The normalized spacial score (nSPS) is 12.3. The topological polar surface area (TPSA) is 30.9 Å². The second kappa shape index (κ2) is 3.63. The monoisotopic (exact) mass is 216 g/mol. The maximum Gasteiger partial charge on any atom is 0.0479 e. The van der Waals surface area contributed by atoms with E-state index >= 15 is 0 Å². The summed E-state index contributed by atoms with van der Waals surface area (Å²) in [5, 5.41) is 1.30. The Balaban J connectivity index is 2.61. The molecule has 0 unspecified atom stereocenters. The highest BCUT2D eigenvalue weighted by Crippen LogP contribution is 2.27. The van der Waals surface area contributed by atoms with Crippen molar-refractivity contribution in [2.24, 2.45) is 12.8 Å². The molecule has 0 spiro atoms. The van der Waals surface area contributed by atoms with Gasteiger partial charge in [0.25, 0.3) is 0 Å². The summed E-state index contributed by atoms with van der Waals surface area (Å²) in [5.41, 5.74) is 9.75. The van der Waals surface area contributed by atoms with Crippen molar-refractivity contribution in [2.75, 3.05) is 6.54 Å². The number of nitrogens with two attached hydrogens (primary N) is 1. The summed E-state index contributed by atoms with van der Waals surface area (Å²) in [6.45, 7) is 7.17. The molecule has 0 amide bonds. The van der Waals surface area contributed by atoms with Crippen LogP contribution in [-0.4, -0.2) is 11.1 Å². The summed E-state index contributed by atoms with van der Waals surface area (Å²) in [4.78, 5) is 0. The van der Waals surface area contributed by atoms with Gasteiger partial charge in [0.15, 0.2) is 0 Å². The summed E-state index contributed by atoms with van der Waals surface area (Å²) in [6.07, 6.45) is 0. The summed E-state index contributed by atoms with van der Waals surface area (Å²) >= 11 is 0. The zero-order chi connectivity index (χ0) is 11.9. The molecule has 86 valence electrons. The van der Waals surface area contributed by atoms with E-state index in [0.29, 0.717) is 6.54 Å². The van der Waals surface area contributed by atoms with Gasteiger partial charge in [-0.3, -0.25) is 0 Å². The first-order chi connectivity index (χ1) is 7.45. The Morgan fingerprint density at radius 2 is 1.94 bits per heavy atom. The van der Waals surface area contributed by atoms with Crippen molar-refractivity contribution < 1.29 is 0 Å². The summed E-state index contributed by atoms with van der Waals surface area (Å²) in [6, 6.07) is 8.87. The van der Waals surface area contributed by atoms with Gasteiger partial charge in [0.1, 0.15) is 0 Å². The minimum absolute atomic E-state index is 0.0535. The molecule has 0 aliphatic heterocycles. The van der Waals surface area contributed by atoms with E-state index in [4.69, 9.17) is 5.73 Å². The molecule has 1 aromatic carbocycles. The van der Waals surface area contributed by atoms with Crippen LogP contribution in [0.1, 0.15) is 25.1 Å². The van der Waals surface area contributed by atoms with Crippen LogP contribution in [0.25, 0.3) is 10.9 Å². The molecule has 0 radical (unpaired) electrons. The molecule has 0 aliphatic rings. The Labute approximate surface area is 97.1 Å². The molecule has 1 heterocycles. The van der Waals surface area contributed by atoms with Crippen LogP contribution < -0.4 is 5.73 Å². The fourth-order valence-corrected chi connectivity index (χ4v) is 2.03. The molecule has 2 heteroatoms. The lowest BCUT2D eigenvalue weighted by atomic mass is 9.84. The predicted octanol–water partition coefficient (Wildman–Crippen LogP) is 2.72. The van der Waals surface area contributed by atoms with Gasteiger partial charge >= 0.3 is 0 Å². The van der Waals surface area contributed by atoms with Crippen LogP contribution in [0.15, 0.2) is 24.3 Å². The molecule has 0 saturated heterocycles. The van der Waals surface area contributed by atoms with Gasteiger partial charge in [-0.25, -0.2) is 0 Å². The van der Waals surface area contributed by atoms with E-state index in [1.807, 2.05) is 0 Å². The first-order valence-corrected chi connectivity index (χ1v) is 5.72. The smallest absolute Gasteiger partial charge is 0.0479 e. The molecule has 2 aromatic rings. The highest BCUT2D eigenvalue weighted by atomic mass is 14.9. The summed E-state index contributed by atoms with van der Waals surface area (Å²) in [7, 11) is 2.10. The molecule has 0 aliphatic carbocycles. The van der Waals surface area contributed by atoms with E-state index in [0.717, 1.165) is 0 Å². The number of rotatable bonds is 2. The summed E-state index contributed by atoms with van der Waals surface area (Å²) in [5.74, 6) is 0. The minimum atomic E-state index is 0.0535. The molecule has 2 N–H and O–H groups in total. The number of hydrogen-bond acceptors (Lipinski definition) is 1. The molecule has 0 bridgehead atoms. The van der Waals surface area contributed by atoms with E-state index in [9.17, 15) is 0 Å². The van der Waals surface area contributed by atoms with E-state index in [2.05, 4.69) is 56.7 Å². The van der Waals surface area contributed by atoms with Gasteiger partial charge in [0, 0.05) is 35.6 Å². The average molecular weight is 216 g/mol. The molecule has 0 fully saturated rings. The maximum absolute atomic E-state index is 5.81. The fourth-order valence-electron chi connectivity index (χ4n) is 2.03. The molecule has 0 saturated carbocycles. The van der Waals surface area contributed by atoms with Crippen molar-refractivity contribution in [3.63, 3.8) is 0 Å². The van der Waals surface area contributed by atoms with Gasteiger partial charge in [-0.15, -0.1) is 0 Å². The lowest BCUT2D eigenvalue weighted by molar-refractivity contribution is 0.540. The summed E-state index contributed by atoms with van der Waals surface area (Å²) < 4.78 is 2.22. The number of fused-ring (bicyclic) bond motifs is 1. The van der Waals surface area contributed by atoms with E-state index in [1.54, 1.807) is 0 Å². The second-order valence-corrected chi connectivity index (χ2v) is 5.21. The van der Waals surface area contributed by atoms with Crippen molar-refractivity contribution in [1.82, 2.24) is 4.57 Å². The molecule has 2 nitrogen and oxygen atoms in total. The Morgan fingerprint density at radius 1 is 1.25 bits per heavy atom. The average Bonchev–Trinajstić information content (AvgIpc) is 2.54. The Hall–Kier alpha value is -1.28. The van der Waals surface area contributed by atoms with Crippen LogP contribution in [0.3, 0.4) is 0 Å². The SMILES string of the molecule is Cc1cc2cc(C(C)(C)CN)ccc2n1C. The lowest BCUT2D eigenvalue weighted by Gasteiger charge is -2.23. The molecule has 1 aromatic heterocycles. The zero-order valence-corrected chi connectivity index (χ0v) is 10.5. The number of aromatic nitrogens is 1. The number of aryl methyl sites for hydroxylation is 2. The van der Waals surface area contributed by atoms with E-state index < -0.39 is 0 Å². The number of hydrogen-bond donors (Lipinski definition) is 1.